The molecule has 132 valence electrons. The molecule has 0 unspecified atom stereocenters. The van der Waals surface area contributed by atoms with Crippen LogP contribution in [0.25, 0.3) is 0 Å². The average Bonchev–Trinajstić information content (AvgIpc) is 3.13. The van der Waals surface area contributed by atoms with E-state index in [0.29, 0.717) is 19.0 Å². The Morgan fingerprint density at radius 1 is 1.12 bits per heavy atom. The minimum Gasteiger partial charge on any atom is -0.356 e. The number of rotatable bonds is 6. The Labute approximate surface area is 144 Å². The minimum atomic E-state index is 0.208. The van der Waals surface area contributed by atoms with Crippen LogP contribution in [0.3, 0.4) is 0 Å². The molecule has 0 bridgehead atoms. The van der Waals surface area contributed by atoms with E-state index in [1.165, 1.54) is 32.1 Å². The van der Waals surface area contributed by atoms with Crippen molar-refractivity contribution in [2.45, 2.75) is 51.9 Å². The summed E-state index contributed by atoms with van der Waals surface area (Å²) in [6, 6.07) is 2.04. The largest absolute Gasteiger partial charge is 0.356 e. The van der Waals surface area contributed by atoms with E-state index < -0.39 is 0 Å². The number of aromatic nitrogens is 2. The number of aryl methyl sites for hydroxylation is 1. The Balaban J connectivity index is 1.45. The lowest BCUT2D eigenvalue weighted by atomic mass is 9.89. The van der Waals surface area contributed by atoms with E-state index in [-0.39, 0.29) is 11.8 Å². The van der Waals surface area contributed by atoms with Gasteiger partial charge in [-0.1, -0.05) is 19.3 Å². The number of nitrogens with one attached hydrogen (secondary N) is 2. The quantitative estimate of drug-likeness (QED) is 0.784. The Morgan fingerprint density at radius 2 is 1.88 bits per heavy atom. The molecule has 2 N–H and O–H groups in total. The van der Waals surface area contributed by atoms with Crippen LogP contribution in [0, 0.1) is 12.8 Å². The molecule has 2 fully saturated rings. The zero-order valence-corrected chi connectivity index (χ0v) is 14.7. The van der Waals surface area contributed by atoms with Gasteiger partial charge in [-0.25, -0.2) is 4.98 Å². The summed E-state index contributed by atoms with van der Waals surface area (Å²) < 4.78 is 0. The standard InChI is InChI=1S/C18H29N5O/c1-14-13-16(23-11-5-6-12-23)22-18(21-14)20-10-9-19-17(24)15-7-3-2-4-8-15/h13,15H,2-12H2,1H3,(H,19,24)(H,20,21,22). The van der Waals surface area contributed by atoms with E-state index in [1.54, 1.807) is 0 Å². The van der Waals surface area contributed by atoms with Crippen molar-refractivity contribution in [1.29, 1.82) is 0 Å². The lowest BCUT2D eigenvalue weighted by Crippen LogP contribution is -2.35. The third kappa shape index (κ3) is 4.58. The fourth-order valence-corrected chi connectivity index (χ4v) is 3.61. The van der Waals surface area contributed by atoms with Gasteiger partial charge in [0.05, 0.1) is 0 Å². The summed E-state index contributed by atoms with van der Waals surface area (Å²) in [7, 11) is 0. The van der Waals surface area contributed by atoms with E-state index in [4.69, 9.17) is 0 Å². The van der Waals surface area contributed by atoms with Gasteiger partial charge in [0.15, 0.2) is 0 Å². The number of anilines is 2. The highest BCUT2D eigenvalue weighted by Gasteiger charge is 2.20. The predicted octanol–water partition coefficient (Wildman–Crippen LogP) is 2.49. The Hall–Kier alpha value is -1.85. The maximum absolute atomic E-state index is 12.1. The molecular formula is C18H29N5O. The van der Waals surface area contributed by atoms with Crippen LogP contribution in [0.5, 0.6) is 0 Å². The first kappa shape index (κ1) is 17.0. The van der Waals surface area contributed by atoms with Crippen molar-refractivity contribution < 1.29 is 4.79 Å². The summed E-state index contributed by atoms with van der Waals surface area (Å²) in [5.41, 5.74) is 0.973. The van der Waals surface area contributed by atoms with Crippen LogP contribution in [0.4, 0.5) is 11.8 Å². The fraction of sp³-hybridized carbons (Fsp3) is 0.722. The van der Waals surface area contributed by atoms with Crippen LogP contribution in [-0.4, -0.2) is 42.1 Å². The third-order valence-electron chi connectivity index (χ3n) is 4.95. The van der Waals surface area contributed by atoms with E-state index in [9.17, 15) is 4.79 Å². The first-order valence-electron chi connectivity index (χ1n) is 9.34. The van der Waals surface area contributed by atoms with Crippen molar-refractivity contribution in [1.82, 2.24) is 15.3 Å². The van der Waals surface area contributed by atoms with Gasteiger partial charge in [0, 0.05) is 43.9 Å². The first-order valence-corrected chi connectivity index (χ1v) is 9.34. The SMILES string of the molecule is Cc1cc(N2CCCC2)nc(NCCNC(=O)C2CCCCC2)n1. The second-order valence-corrected chi connectivity index (χ2v) is 6.94. The van der Waals surface area contributed by atoms with Gasteiger partial charge < -0.3 is 15.5 Å². The van der Waals surface area contributed by atoms with Gasteiger partial charge in [-0.3, -0.25) is 4.79 Å². The maximum Gasteiger partial charge on any atom is 0.224 e. The molecule has 2 aliphatic rings. The summed E-state index contributed by atoms with van der Waals surface area (Å²) in [4.78, 5) is 23.5. The van der Waals surface area contributed by atoms with Gasteiger partial charge in [-0.2, -0.15) is 4.98 Å². The van der Waals surface area contributed by atoms with Crippen molar-refractivity contribution in [3.8, 4) is 0 Å². The molecule has 1 aromatic rings. The van der Waals surface area contributed by atoms with Crippen molar-refractivity contribution in [2.75, 3.05) is 36.4 Å². The van der Waals surface area contributed by atoms with Crippen LogP contribution in [0.15, 0.2) is 6.07 Å². The number of amides is 1. The van der Waals surface area contributed by atoms with Gasteiger partial charge in [0.1, 0.15) is 5.82 Å². The molecule has 6 nitrogen and oxygen atoms in total. The minimum absolute atomic E-state index is 0.208. The van der Waals surface area contributed by atoms with E-state index in [1.807, 2.05) is 13.0 Å². The summed E-state index contributed by atoms with van der Waals surface area (Å²) in [5.74, 6) is 2.09. The number of hydrogen-bond donors (Lipinski definition) is 2. The summed E-state index contributed by atoms with van der Waals surface area (Å²) in [6.07, 6.45) is 8.20. The van der Waals surface area contributed by atoms with Crippen LogP contribution in [0.1, 0.15) is 50.6 Å². The van der Waals surface area contributed by atoms with Crippen LogP contribution < -0.4 is 15.5 Å². The second-order valence-electron chi connectivity index (χ2n) is 6.94. The number of nitrogens with zero attached hydrogens (tertiary/aromatic N) is 3. The summed E-state index contributed by atoms with van der Waals surface area (Å²) >= 11 is 0. The van der Waals surface area contributed by atoms with Crippen LogP contribution in [-0.2, 0) is 4.79 Å². The van der Waals surface area contributed by atoms with Crippen molar-refractivity contribution in [2.24, 2.45) is 5.92 Å². The van der Waals surface area contributed by atoms with Gasteiger partial charge in [-0.15, -0.1) is 0 Å². The fourth-order valence-electron chi connectivity index (χ4n) is 3.61. The molecule has 6 heteroatoms. The Morgan fingerprint density at radius 3 is 2.62 bits per heavy atom. The van der Waals surface area contributed by atoms with Crippen LogP contribution in [0.2, 0.25) is 0 Å². The molecule has 0 spiro atoms. The zero-order valence-electron chi connectivity index (χ0n) is 14.7. The molecular weight excluding hydrogens is 302 g/mol. The number of hydrogen-bond acceptors (Lipinski definition) is 5. The highest BCUT2D eigenvalue weighted by atomic mass is 16.1. The molecule has 1 aliphatic heterocycles. The molecule has 24 heavy (non-hydrogen) atoms. The molecule has 3 rings (SSSR count). The molecule has 1 amide bonds. The highest BCUT2D eigenvalue weighted by Crippen LogP contribution is 2.23. The zero-order chi connectivity index (χ0) is 16.8. The van der Waals surface area contributed by atoms with E-state index in [0.717, 1.165) is 37.4 Å². The first-order chi connectivity index (χ1) is 11.7. The molecule has 0 radical (unpaired) electrons. The van der Waals surface area contributed by atoms with E-state index in [2.05, 4.69) is 25.5 Å². The van der Waals surface area contributed by atoms with Gasteiger partial charge >= 0.3 is 0 Å². The topological polar surface area (TPSA) is 70.2 Å². The summed E-state index contributed by atoms with van der Waals surface area (Å²) in [5, 5.41) is 6.28. The van der Waals surface area contributed by atoms with Gasteiger partial charge in [0.2, 0.25) is 11.9 Å². The molecule has 2 heterocycles. The molecule has 0 aromatic carbocycles. The number of carbonyl (C=O) groups is 1. The monoisotopic (exact) mass is 331 g/mol. The van der Waals surface area contributed by atoms with Crippen molar-refractivity contribution in [3.05, 3.63) is 11.8 Å². The lowest BCUT2D eigenvalue weighted by molar-refractivity contribution is -0.125. The molecule has 1 saturated carbocycles. The van der Waals surface area contributed by atoms with Crippen LogP contribution >= 0.6 is 0 Å². The van der Waals surface area contributed by atoms with Gasteiger partial charge in [0.25, 0.3) is 0 Å². The lowest BCUT2D eigenvalue weighted by Gasteiger charge is -2.21. The Kier molecular flexibility index (Phi) is 5.88. The molecule has 1 saturated heterocycles. The number of carbonyl (C=O) groups excluding carboxylic acids is 1. The Bertz CT molecular complexity index is 550. The molecule has 1 aliphatic carbocycles. The normalized spacial score (nSPS) is 18.6. The van der Waals surface area contributed by atoms with Crippen molar-refractivity contribution in [3.63, 3.8) is 0 Å². The smallest absolute Gasteiger partial charge is 0.224 e. The maximum atomic E-state index is 12.1. The average molecular weight is 331 g/mol. The highest BCUT2D eigenvalue weighted by molar-refractivity contribution is 5.78. The van der Waals surface area contributed by atoms with E-state index >= 15 is 0 Å². The third-order valence-corrected chi connectivity index (χ3v) is 4.95. The summed E-state index contributed by atoms with van der Waals surface area (Å²) in [6.45, 7) is 5.42. The van der Waals surface area contributed by atoms with Crippen molar-refractivity contribution >= 4 is 17.7 Å². The van der Waals surface area contributed by atoms with Gasteiger partial charge in [-0.05, 0) is 32.6 Å². The molecule has 0 atom stereocenters. The second kappa shape index (κ2) is 8.31. The predicted molar refractivity (Wildman–Crippen MR) is 96.3 cm³/mol. The molecule has 1 aromatic heterocycles.